The lowest BCUT2D eigenvalue weighted by Crippen LogP contribution is -2.54. The molecule has 1 N–H and O–H groups in total. The van der Waals surface area contributed by atoms with E-state index < -0.39 is 35.3 Å². The highest BCUT2D eigenvalue weighted by atomic mass is 16.6. The maximum atomic E-state index is 12.9. The molecule has 9 heteroatoms. The number of esters is 1. The SMILES string of the molecule is CC(C)(C)OC(=O)C1CN(c2ccc3c(c2)C(=O)N(C2CCC(=O)NC2=O)C3=O)C1. The average Bonchev–Trinajstić information content (AvgIpc) is 2.83. The fraction of sp³-hybridized carbons (Fsp3) is 0.476. The highest BCUT2D eigenvalue weighted by Crippen LogP contribution is 2.33. The first kappa shape index (κ1) is 20.1. The van der Waals surface area contributed by atoms with E-state index in [-0.39, 0.29) is 35.9 Å². The van der Waals surface area contributed by atoms with Gasteiger partial charge in [0.1, 0.15) is 11.6 Å². The first-order chi connectivity index (χ1) is 14.0. The summed E-state index contributed by atoms with van der Waals surface area (Å²) >= 11 is 0. The van der Waals surface area contributed by atoms with Crippen LogP contribution in [0.3, 0.4) is 0 Å². The van der Waals surface area contributed by atoms with E-state index in [1.165, 1.54) is 0 Å². The summed E-state index contributed by atoms with van der Waals surface area (Å²) in [7, 11) is 0. The van der Waals surface area contributed by atoms with Gasteiger partial charge < -0.3 is 9.64 Å². The second kappa shape index (κ2) is 6.93. The number of carbonyl (C=O) groups is 5. The summed E-state index contributed by atoms with van der Waals surface area (Å²) in [6.45, 7) is 6.38. The van der Waals surface area contributed by atoms with Crippen LogP contribution in [0.15, 0.2) is 18.2 Å². The Hall–Kier alpha value is -3.23. The summed E-state index contributed by atoms with van der Waals surface area (Å²) in [5.41, 5.74) is 0.637. The molecule has 2 saturated heterocycles. The van der Waals surface area contributed by atoms with Crippen LogP contribution in [-0.2, 0) is 19.1 Å². The number of amides is 4. The van der Waals surface area contributed by atoms with Crippen molar-refractivity contribution in [3.63, 3.8) is 0 Å². The van der Waals surface area contributed by atoms with Crippen molar-refractivity contribution in [3.05, 3.63) is 29.3 Å². The summed E-state index contributed by atoms with van der Waals surface area (Å²) < 4.78 is 5.40. The lowest BCUT2D eigenvalue weighted by molar-refractivity contribution is -0.160. The summed E-state index contributed by atoms with van der Waals surface area (Å²) in [5, 5.41) is 2.18. The molecule has 1 aromatic carbocycles. The van der Waals surface area contributed by atoms with Crippen LogP contribution in [0.4, 0.5) is 5.69 Å². The topological polar surface area (TPSA) is 113 Å². The molecule has 4 rings (SSSR count). The summed E-state index contributed by atoms with van der Waals surface area (Å²) in [4.78, 5) is 64.2. The number of ether oxygens (including phenoxy) is 1. The molecule has 1 atom stereocenters. The standard InChI is InChI=1S/C21H23N3O6/c1-21(2,3)30-20(29)11-9-23(10-11)12-4-5-13-14(8-12)19(28)24(18(13)27)15-6-7-16(25)22-17(15)26/h4-5,8,11,15H,6-7,9-10H2,1-3H3,(H,22,25,26). The molecule has 30 heavy (non-hydrogen) atoms. The minimum atomic E-state index is -0.987. The molecular weight excluding hydrogens is 390 g/mol. The maximum Gasteiger partial charge on any atom is 0.313 e. The molecule has 0 aliphatic carbocycles. The number of imide groups is 2. The van der Waals surface area contributed by atoms with E-state index in [2.05, 4.69) is 5.32 Å². The summed E-state index contributed by atoms with van der Waals surface area (Å²) in [6.07, 6.45) is 0.196. The molecule has 0 saturated carbocycles. The number of rotatable bonds is 3. The van der Waals surface area contributed by atoms with Crippen LogP contribution in [-0.4, -0.2) is 59.2 Å². The van der Waals surface area contributed by atoms with E-state index in [0.29, 0.717) is 13.1 Å². The first-order valence-electron chi connectivity index (χ1n) is 9.88. The molecule has 0 bridgehead atoms. The largest absolute Gasteiger partial charge is 0.460 e. The molecule has 158 valence electrons. The van der Waals surface area contributed by atoms with Gasteiger partial charge in [0.15, 0.2) is 0 Å². The fourth-order valence-corrected chi connectivity index (χ4v) is 3.88. The van der Waals surface area contributed by atoms with E-state index in [0.717, 1.165) is 10.6 Å². The van der Waals surface area contributed by atoms with Gasteiger partial charge in [0.25, 0.3) is 11.8 Å². The number of benzene rings is 1. The van der Waals surface area contributed by atoms with E-state index >= 15 is 0 Å². The molecule has 3 aliphatic heterocycles. The first-order valence-corrected chi connectivity index (χ1v) is 9.88. The number of piperidine rings is 1. The third kappa shape index (κ3) is 3.44. The van der Waals surface area contributed by atoms with Gasteiger partial charge in [-0.15, -0.1) is 0 Å². The van der Waals surface area contributed by atoms with Crippen molar-refractivity contribution < 1.29 is 28.7 Å². The Labute approximate surface area is 173 Å². The van der Waals surface area contributed by atoms with Gasteiger partial charge in [-0.3, -0.25) is 34.2 Å². The Kier molecular flexibility index (Phi) is 4.63. The molecule has 4 amide bonds. The monoisotopic (exact) mass is 413 g/mol. The van der Waals surface area contributed by atoms with Gasteiger partial charge in [-0.1, -0.05) is 0 Å². The summed E-state index contributed by atoms with van der Waals surface area (Å²) in [5.74, 6) is -2.62. The van der Waals surface area contributed by atoms with Crippen LogP contribution in [0.2, 0.25) is 0 Å². The molecular formula is C21H23N3O6. The zero-order valence-electron chi connectivity index (χ0n) is 17.1. The highest BCUT2D eigenvalue weighted by Gasteiger charge is 2.45. The van der Waals surface area contributed by atoms with Crippen LogP contribution in [0.25, 0.3) is 0 Å². The van der Waals surface area contributed by atoms with Gasteiger partial charge in [0, 0.05) is 25.2 Å². The second-order valence-corrected chi connectivity index (χ2v) is 8.81. The molecule has 1 aromatic rings. The predicted molar refractivity (Wildman–Crippen MR) is 105 cm³/mol. The van der Waals surface area contributed by atoms with E-state index in [4.69, 9.17) is 4.74 Å². The zero-order chi connectivity index (χ0) is 21.8. The third-order valence-corrected chi connectivity index (χ3v) is 5.41. The molecule has 1 unspecified atom stereocenters. The van der Waals surface area contributed by atoms with Crippen molar-refractivity contribution in [1.82, 2.24) is 10.2 Å². The van der Waals surface area contributed by atoms with Crippen LogP contribution < -0.4 is 10.2 Å². The van der Waals surface area contributed by atoms with Crippen molar-refractivity contribution in [2.45, 2.75) is 45.3 Å². The number of nitrogens with one attached hydrogen (secondary N) is 1. The Bertz CT molecular complexity index is 973. The third-order valence-electron chi connectivity index (χ3n) is 5.41. The summed E-state index contributed by atoms with van der Waals surface area (Å²) in [6, 6.07) is 3.92. The van der Waals surface area contributed by atoms with Gasteiger partial charge in [-0.05, 0) is 45.4 Å². The second-order valence-electron chi connectivity index (χ2n) is 8.81. The van der Waals surface area contributed by atoms with Crippen molar-refractivity contribution >= 4 is 35.3 Å². The van der Waals surface area contributed by atoms with Crippen LogP contribution in [0, 0.1) is 5.92 Å². The maximum absolute atomic E-state index is 12.9. The van der Waals surface area contributed by atoms with Gasteiger partial charge >= 0.3 is 5.97 Å². The van der Waals surface area contributed by atoms with E-state index in [1.807, 2.05) is 25.7 Å². The smallest absolute Gasteiger partial charge is 0.313 e. The Morgan fingerprint density at radius 2 is 1.73 bits per heavy atom. The highest BCUT2D eigenvalue weighted by molar-refractivity contribution is 6.23. The minimum absolute atomic E-state index is 0.0783. The van der Waals surface area contributed by atoms with Crippen molar-refractivity contribution in [3.8, 4) is 0 Å². The van der Waals surface area contributed by atoms with Crippen molar-refractivity contribution in [2.24, 2.45) is 5.92 Å². The molecule has 0 aromatic heterocycles. The van der Waals surface area contributed by atoms with Gasteiger partial charge in [0.2, 0.25) is 11.8 Å². The lowest BCUT2D eigenvalue weighted by atomic mass is 9.97. The molecule has 3 heterocycles. The molecule has 3 aliphatic rings. The predicted octanol–water partition coefficient (Wildman–Crippen LogP) is 0.866. The number of fused-ring (bicyclic) bond motifs is 1. The number of nitrogens with zero attached hydrogens (tertiary/aromatic N) is 2. The van der Waals surface area contributed by atoms with Gasteiger partial charge in [-0.25, -0.2) is 0 Å². The number of carbonyl (C=O) groups excluding carboxylic acids is 5. The van der Waals surface area contributed by atoms with Gasteiger partial charge in [0.05, 0.1) is 17.0 Å². The van der Waals surface area contributed by atoms with Crippen LogP contribution >= 0.6 is 0 Å². The Balaban J connectivity index is 1.48. The number of hydrogen-bond acceptors (Lipinski definition) is 7. The van der Waals surface area contributed by atoms with E-state index in [9.17, 15) is 24.0 Å². The Morgan fingerprint density at radius 1 is 1.07 bits per heavy atom. The quantitative estimate of drug-likeness (QED) is 0.578. The number of hydrogen-bond donors (Lipinski definition) is 1. The molecule has 0 radical (unpaired) electrons. The zero-order valence-corrected chi connectivity index (χ0v) is 17.1. The normalized spacial score (nSPS) is 22.0. The van der Waals surface area contributed by atoms with Crippen LogP contribution in [0.1, 0.15) is 54.3 Å². The molecule has 9 nitrogen and oxygen atoms in total. The van der Waals surface area contributed by atoms with Crippen molar-refractivity contribution in [1.29, 1.82) is 0 Å². The lowest BCUT2D eigenvalue weighted by Gasteiger charge is -2.40. The molecule has 0 spiro atoms. The van der Waals surface area contributed by atoms with Crippen molar-refractivity contribution in [2.75, 3.05) is 18.0 Å². The number of anilines is 1. The van der Waals surface area contributed by atoms with Crippen LogP contribution in [0.5, 0.6) is 0 Å². The van der Waals surface area contributed by atoms with Gasteiger partial charge in [-0.2, -0.15) is 0 Å². The average molecular weight is 413 g/mol. The Morgan fingerprint density at radius 3 is 2.37 bits per heavy atom. The fourth-order valence-electron chi connectivity index (χ4n) is 3.88. The van der Waals surface area contributed by atoms with E-state index in [1.54, 1.807) is 18.2 Å². The molecule has 2 fully saturated rings. The minimum Gasteiger partial charge on any atom is -0.460 e.